The molecule has 4 aromatic carbocycles. The smallest absolute Gasteiger partial charge is 0.199 e. The number of nitrogens with zero attached hydrogens (tertiary/aromatic N) is 2. The van der Waals surface area contributed by atoms with E-state index in [2.05, 4.69) is 5.32 Å². The van der Waals surface area contributed by atoms with Crippen LogP contribution in [0.3, 0.4) is 0 Å². The molecule has 0 bridgehead atoms. The number of benzene rings is 4. The summed E-state index contributed by atoms with van der Waals surface area (Å²) >= 11 is 6.68. The minimum atomic E-state index is -0.202. The first-order valence-electron chi connectivity index (χ1n) is 13.3. The van der Waals surface area contributed by atoms with Crippen LogP contribution in [0.25, 0.3) is 22.2 Å². The van der Waals surface area contributed by atoms with Gasteiger partial charge in [0.05, 0.1) is 33.8 Å². The highest BCUT2D eigenvalue weighted by molar-refractivity contribution is 6.39. The lowest BCUT2D eigenvalue weighted by molar-refractivity contribution is 0.103. The van der Waals surface area contributed by atoms with Crippen LogP contribution in [0.5, 0.6) is 11.5 Å². The molecule has 40 heavy (non-hydrogen) atoms. The lowest BCUT2D eigenvalue weighted by atomic mass is 9.86. The third-order valence-electron chi connectivity index (χ3n) is 6.98. The Morgan fingerprint density at radius 1 is 0.775 bits per heavy atom. The Labute approximate surface area is 237 Å². The molecular weight excluding hydrogens is 524 g/mol. The fourth-order valence-corrected chi connectivity index (χ4v) is 5.33. The van der Waals surface area contributed by atoms with Gasteiger partial charge in [-0.15, -0.1) is 0 Å². The first-order chi connectivity index (χ1) is 19.7. The zero-order valence-corrected chi connectivity index (χ0v) is 22.7. The summed E-state index contributed by atoms with van der Waals surface area (Å²) in [4.78, 5) is 14.2. The number of hydrogen-bond donors (Lipinski definition) is 2. The monoisotopic (exact) mass is 552 g/mol. The minimum absolute atomic E-state index is 0.202. The van der Waals surface area contributed by atoms with E-state index >= 15 is 0 Å². The summed E-state index contributed by atoms with van der Waals surface area (Å²) in [5.41, 5.74) is 10.6. The zero-order chi connectivity index (χ0) is 27.5. The average molecular weight is 553 g/mol. The van der Waals surface area contributed by atoms with Crippen molar-refractivity contribution in [1.82, 2.24) is 15.1 Å². The summed E-state index contributed by atoms with van der Waals surface area (Å²) in [7, 11) is 0. The number of fused-ring (bicyclic) bond motifs is 2. The van der Waals surface area contributed by atoms with Crippen molar-refractivity contribution in [2.75, 3.05) is 19.6 Å². The van der Waals surface area contributed by atoms with Crippen LogP contribution < -0.4 is 20.5 Å². The molecule has 0 saturated carbocycles. The van der Waals surface area contributed by atoms with Crippen molar-refractivity contribution in [3.05, 3.63) is 112 Å². The first kappa shape index (κ1) is 26.1. The van der Waals surface area contributed by atoms with Crippen LogP contribution in [-0.2, 0) is 19.8 Å². The molecule has 3 N–H and O–H groups in total. The Morgan fingerprint density at radius 3 is 2.02 bits per heavy atom. The highest BCUT2D eigenvalue weighted by Gasteiger charge is 2.35. The van der Waals surface area contributed by atoms with E-state index in [1.54, 1.807) is 12.1 Å². The van der Waals surface area contributed by atoms with E-state index in [0.29, 0.717) is 78.3 Å². The molecule has 5 aromatic rings. The van der Waals surface area contributed by atoms with Crippen molar-refractivity contribution in [3.63, 3.8) is 0 Å². The van der Waals surface area contributed by atoms with Crippen LogP contribution in [-0.4, -0.2) is 35.2 Å². The van der Waals surface area contributed by atoms with Gasteiger partial charge in [-0.25, -0.2) is 0 Å². The molecule has 1 aromatic heterocycles. The average Bonchev–Trinajstić information content (AvgIpc) is 3.36. The van der Waals surface area contributed by atoms with E-state index in [-0.39, 0.29) is 5.78 Å². The number of nitrogens with two attached hydrogens (primary N) is 1. The van der Waals surface area contributed by atoms with Crippen molar-refractivity contribution in [2.45, 2.75) is 19.8 Å². The quantitative estimate of drug-likeness (QED) is 0.203. The topological polar surface area (TPSA) is 91.4 Å². The van der Waals surface area contributed by atoms with Crippen LogP contribution in [0.1, 0.15) is 27.0 Å². The molecule has 1 heterocycles. The summed E-state index contributed by atoms with van der Waals surface area (Å²) in [5.74, 6) is 0.832. The third-order valence-corrected chi connectivity index (χ3v) is 7.30. The van der Waals surface area contributed by atoms with Crippen molar-refractivity contribution < 1.29 is 14.3 Å². The number of nitrogens with one attached hydrogen (secondary N) is 1. The number of carbonyl (C=O) groups excluding carboxylic acids is 1. The van der Waals surface area contributed by atoms with Crippen LogP contribution >= 0.6 is 11.6 Å². The highest BCUT2D eigenvalue weighted by Crippen LogP contribution is 2.48. The Bertz CT molecular complexity index is 1670. The van der Waals surface area contributed by atoms with Crippen LogP contribution in [0, 0.1) is 0 Å². The number of ketones is 1. The van der Waals surface area contributed by atoms with E-state index in [0.717, 1.165) is 22.0 Å². The second-order valence-corrected chi connectivity index (χ2v) is 10.0. The van der Waals surface area contributed by atoms with Gasteiger partial charge >= 0.3 is 0 Å². The number of halogens is 1. The molecule has 0 unspecified atom stereocenters. The summed E-state index contributed by atoms with van der Waals surface area (Å²) in [6.07, 6.45) is 0. The summed E-state index contributed by atoms with van der Waals surface area (Å²) in [6, 6.07) is 27.1. The van der Waals surface area contributed by atoms with Crippen LogP contribution in [0.2, 0.25) is 5.02 Å². The van der Waals surface area contributed by atoms with Gasteiger partial charge in [0, 0.05) is 25.0 Å². The van der Waals surface area contributed by atoms with E-state index in [1.807, 2.05) is 77.5 Å². The Balaban J connectivity index is 1.47. The maximum atomic E-state index is 14.2. The standard InChI is InChI=1S/C32H29ClN4O3/c33-23-11-12-24-28-27(23)32(38)30-26(40-20-22-9-5-2-6-10-22)14-13-25(39-19-21-7-3-1-4-8-21)29(30)31(28)36-37(24)18-17-35-16-15-34/h1-14,35H,15-20,34H2. The Kier molecular flexibility index (Phi) is 7.51. The summed E-state index contributed by atoms with van der Waals surface area (Å²) in [5, 5.41) is 9.44. The Morgan fingerprint density at radius 2 is 1.40 bits per heavy atom. The van der Waals surface area contributed by atoms with Gasteiger partial charge in [-0.1, -0.05) is 72.3 Å². The largest absolute Gasteiger partial charge is 0.488 e. The van der Waals surface area contributed by atoms with Crippen molar-refractivity contribution in [1.29, 1.82) is 0 Å². The predicted molar refractivity (Wildman–Crippen MR) is 157 cm³/mol. The molecule has 0 amide bonds. The normalized spacial score (nSPS) is 12.0. The number of hydrogen-bond acceptors (Lipinski definition) is 6. The molecule has 202 valence electrons. The van der Waals surface area contributed by atoms with Crippen molar-refractivity contribution in [2.24, 2.45) is 5.73 Å². The molecule has 0 saturated heterocycles. The van der Waals surface area contributed by atoms with E-state index < -0.39 is 0 Å². The second-order valence-electron chi connectivity index (χ2n) is 9.62. The van der Waals surface area contributed by atoms with Gasteiger partial charge < -0.3 is 20.5 Å². The Hall–Kier alpha value is -4.17. The van der Waals surface area contributed by atoms with Gasteiger partial charge in [0.25, 0.3) is 0 Å². The van der Waals surface area contributed by atoms with Crippen molar-refractivity contribution >= 4 is 28.3 Å². The van der Waals surface area contributed by atoms with E-state index in [9.17, 15) is 4.79 Å². The predicted octanol–water partition coefficient (Wildman–Crippen LogP) is 5.61. The second kappa shape index (κ2) is 11.5. The molecule has 1 aliphatic rings. The maximum absolute atomic E-state index is 14.2. The van der Waals surface area contributed by atoms with E-state index in [4.69, 9.17) is 31.9 Å². The first-order valence-corrected chi connectivity index (χ1v) is 13.7. The molecule has 0 radical (unpaired) electrons. The molecule has 7 nitrogen and oxygen atoms in total. The highest BCUT2D eigenvalue weighted by atomic mass is 35.5. The van der Waals surface area contributed by atoms with Crippen LogP contribution in [0.15, 0.2) is 84.9 Å². The molecule has 8 heteroatoms. The van der Waals surface area contributed by atoms with Gasteiger partial charge in [0.15, 0.2) is 5.78 Å². The van der Waals surface area contributed by atoms with Gasteiger partial charge in [-0.05, 0) is 35.4 Å². The molecule has 0 fully saturated rings. The molecule has 1 aliphatic carbocycles. The van der Waals surface area contributed by atoms with Crippen LogP contribution in [0.4, 0.5) is 0 Å². The lowest BCUT2D eigenvalue weighted by Crippen LogP contribution is -2.26. The van der Waals surface area contributed by atoms with Gasteiger partial charge in [-0.3, -0.25) is 9.48 Å². The number of aromatic nitrogens is 2. The third kappa shape index (κ3) is 4.95. The minimum Gasteiger partial charge on any atom is -0.488 e. The van der Waals surface area contributed by atoms with Gasteiger partial charge in [-0.2, -0.15) is 5.10 Å². The molecule has 6 rings (SSSR count). The van der Waals surface area contributed by atoms with Gasteiger partial charge in [0.1, 0.15) is 30.4 Å². The fourth-order valence-electron chi connectivity index (χ4n) is 5.09. The molecule has 0 aliphatic heterocycles. The summed E-state index contributed by atoms with van der Waals surface area (Å²) < 4.78 is 14.5. The van der Waals surface area contributed by atoms with Gasteiger partial charge in [0.2, 0.25) is 0 Å². The molecule has 0 spiro atoms. The zero-order valence-electron chi connectivity index (χ0n) is 21.9. The number of carbonyl (C=O) groups is 1. The van der Waals surface area contributed by atoms with Crippen molar-refractivity contribution in [3.8, 4) is 22.8 Å². The lowest BCUT2D eigenvalue weighted by Gasteiger charge is -2.22. The molecule has 0 atom stereocenters. The van der Waals surface area contributed by atoms with E-state index in [1.165, 1.54) is 0 Å². The SMILES string of the molecule is NCCNCCn1nc2c3c(c(Cl)ccc31)C(=O)c1c(OCc3ccccc3)ccc(OCc3ccccc3)c1-2. The number of ether oxygens (including phenoxy) is 2. The maximum Gasteiger partial charge on any atom is 0.199 e. The fraction of sp³-hybridized carbons (Fsp3) is 0.188. The molecular formula is C32H29ClN4O3. The summed E-state index contributed by atoms with van der Waals surface area (Å²) in [6.45, 7) is 3.22. The number of rotatable bonds is 11.